The molecule has 3 aliphatic rings. The summed E-state index contributed by atoms with van der Waals surface area (Å²) in [6, 6.07) is -0.547. The number of nitrogens with zero attached hydrogens (tertiary/aromatic N) is 4. The van der Waals surface area contributed by atoms with Gasteiger partial charge < -0.3 is 34.8 Å². The molecule has 5 heterocycles. The maximum absolute atomic E-state index is 13.5. The summed E-state index contributed by atoms with van der Waals surface area (Å²) in [5.74, 6) is -1.58. The molecule has 0 amide bonds. The van der Waals surface area contributed by atoms with Crippen LogP contribution in [0.5, 0.6) is 0 Å². The predicted molar refractivity (Wildman–Crippen MR) is 214 cm³/mol. The quantitative estimate of drug-likeness (QED) is 0.170. The van der Waals surface area contributed by atoms with Crippen molar-refractivity contribution in [1.82, 2.24) is 15.0 Å². The first-order valence-electron chi connectivity index (χ1n) is 19.2. The van der Waals surface area contributed by atoms with Gasteiger partial charge in [0.15, 0.2) is 0 Å². The molecule has 0 radical (unpaired) electrons. The molecule has 9 nitrogen and oxygen atoms in total. The molecular weight excluding hydrogens is 689 g/mol. The maximum atomic E-state index is 13.5. The Hall–Kier alpha value is -3.89. The van der Waals surface area contributed by atoms with E-state index in [-0.39, 0.29) is 59.6 Å². The molecule has 284 valence electrons. The number of carbonyl (C=O) groups is 2. The van der Waals surface area contributed by atoms with Crippen molar-refractivity contribution in [1.29, 1.82) is 0 Å². The Labute approximate surface area is 335 Å². The molecule has 54 heavy (non-hydrogen) atoms. The fourth-order valence-electron chi connectivity index (χ4n) is 8.29. The average molecular weight is 743 g/mol. The second-order valence-corrected chi connectivity index (χ2v) is 15.6. The summed E-state index contributed by atoms with van der Waals surface area (Å²) in [6.45, 7) is 19.2. The number of allylic oxidation sites excluding steroid dienone is 2. The topological polar surface area (TPSA) is 129 Å². The third kappa shape index (κ3) is 7.78. The Morgan fingerprint density at radius 1 is 0.926 bits per heavy atom. The first kappa shape index (κ1) is 41.3. The molecule has 1 N–H and O–H groups in total. The predicted octanol–water partition coefficient (Wildman–Crippen LogP) is 4.71. The fourth-order valence-corrected chi connectivity index (χ4v) is 8.29. The third-order valence-corrected chi connectivity index (χ3v) is 11.8. The number of esters is 2. The van der Waals surface area contributed by atoms with Crippen LogP contribution in [0.15, 0.2) is 17.3 Å². The number of ether oxygens (including phenoxy) is 2. The van der Waals surface area contributed by atoms with Crippen LogP contribution in [0.4, 0.5) is 0 Å². The van der Waals surface area contributed by atoms with Crippen molar-refractivity contribution in [2.75, 3.05) is 13.7 Å². The summed E-state index contributed by atoms with van der Waals surface area (Å²) in [7, 11) is 1.33. The van der Waals surface area contributed by atoms with E-state index in [0.29, 0.717) is 34.2 Å². The van der Waals surface area contributed by atoms with Crippen LogP contribution >= 0.6 is 0 Å². The monoisotopic (exact) mass is 742 g/mol. The van der Waals surface area contributed by atoms with Gasteiger partial charge in [-0.25, -0.2) is 0 Å². The molecule has 4 atom stereocenters. The van der Waals surface area contributed by atoms with Gasteiger partial charge in [-0.05, 0) is 84.1 Å². The van der Waals surface area contributed by atoms with Crippen molar-refractivity contribution in [3.63, 3.8) is 0 Å². The molecule has 2 aliphatic heterocycles. The Balaban J connectivity index is 0.00000561. The normalized spacial score (nSPS) is 22.5. The summed E-state index contributed by atoms with van der Waals surface area (Å²) in [6.07, 6.45) is 12.8. The number of carbonyl (C=O) groups excluding carboxylic acids is 2. The molecule has 0 spiro atoms. The van der Waals surface area contributed by atoms with Gasteiger partial charge in [-0.3, -0.25) is 9.59 Å². The van der Waals surface area contributed by atoms with Gasteiger partial charge in [0.2, 0.25) is 0 Å². The van der Waals surface area contributed by atoms with Crippen molar-refractivity contribution >= 4 is 64.6 Å². The summed E-state index contributed by atoms with van der Waals surface area (Å²) in [5.41, 5.74) is 10.2. The van der Waals surface area contributed by atoms with Gasteiger partial charge in [-0.15, -0.1) is 33.1 Å². The molecule has 3 aromatic rings. The number of aromatic nitrogens is 3. The van der Waals surface area contributed by atoms with Crippen molar-refractivity contribution in [2.24, 2.45) is 23.7 Å². The van der Waals surface area contributed by atoms with Crippen LogP contribution in [0.3, 0.4) is 0 Å². The van der Waals surface area contributed by atoms with Crippen molar-refractivity contribution in [3.05, 3.63) is 88.8 Å². The standard InChI is InChI=1S/C44H54N4O5.Mg/c1-11-29-26(7)33-19-31-24(5)25(6)32(45-31)20-34-27(8)30(15-16-37(49)53-18-17-23(4)14-12-13-22(2)3)41(47-34)39-40(44(51)52-10)43(50)38-28(9)35(48-42(38)39)21-36(29)46-33;/h17,19-22,27,30,40-41,50H,11-16,18H2,1-10H3;/q-4;+2/b23-17+,33-19-,34-20-,36-21-;/t27-,30-,40+,41?;/m0./s1. The molecule has 6 rings (SSSR count). The van der Waals surface area contributed by atoms with E-state index in [1.165, 1.54) is 19.1 Å². The van der Waals surface area contributed by atoms with Gasteiger partial charge in [0, 0.05) is 11.6 Å². The zero-order valence-corrected chi connectivity index (χ0v) is 35.1. The van der Waals surface area contributed by atoms with Crippen LogP contribution in [0.1, 0.15) is 112 Å². The smallest absolute Gasteiger partial charge is 0.681 e. The minimum atomic E-state index is -1.05. The largest absolute Gasteiger partial charge is 2.00 e. The van der Waals surface area contributed by atoms with Gasteiger partial charge in [0.1, 0.15) is 18.3 Å². The molecule has 0 aromatic carbocycles. The zero-order chi connectivity index (χ0) is 38.3. The molecular formula is C44H54MgN4O5-2. The van der Waals surface area contributed by atoms with E-state index in [0.717, 1.165) is 74.9 Å². The Kier molecular flexibility index (Phi) is 12.9. The second kappa shape index (κ2) is 16.9. The SMILES string of the molecule is CCc1c(C)/c2[n-]/c1=C\c1[n-]c3c(c1C)=C(O)[C@H](C(=O)OC)C=3C1[N-]/C(=C\c3[n-]c(c(C)c3C)\C=2)[C@@H](C)[C@@H]1CCC(=O)OC/C=C(\C)CCCC(C)C.[Mg+2]. The molecule has 3 aromatic heterocycles. The Bertz CT molecular complexity index is 2250. The van der Waals surface area contributed by atoms with Crippen molar-refractivity contribution in [2.45, 2.75) is 107 Å². The number of fused-ring (bicyclic) bond motifs is 8. The van der Waals surface area contributed by atoms with E-state index in [1.54, 1.807) is 0 Å². The zero-order valence-electron chi connectivity index (χ0n) is 33.7. The number of aliphatic hydroxyl groups is 1. The van der Waals surface area contributed by atoms with Gasteiger partial charge in [-0.1, -0.05) is 97.3 Å². The summed E-state index contributed by atoms with van der Waals surface area (Å²) in [4.78, 5) is 41.9. The van der Waals surface area contributed by atoms with Crippen molar-refractivity contribution < 1.29 is 24.2 Å². The minimum absolute atomic E-state index is 0. The average Bonchev–Trinajstić information content (AvgIpc) is 3.85. The minimum Gasteiger partial charge on any atom is -0.681 e. The number of rotatable bonds is 11. The Morgan fingerprint density at radius 2 is 1.59 bits per heavy atom. The van der Waals surface area contributed by atoms with Gasteiger partial charge >= 0.3 is 35.0 Å². The molecule has 8 bridgehead atoms. The molecule has 1 aliphatic carbocycles. The van der Waals surface area contributed by atoms with Crippen LogP contribution < -0.4 is 36.2 Å². The van der Waals surface area contributed by atoms with Gasteiger partial charge in [-0.2, -0.15) is 5.70 Å². The van der Waals surface area contributed by atoms with Crippen LogP contribution in [-0.4, -0.2) is 59.9 Å². The summed E-state index contributed by atoms with van der Waals surface area (Å²) < 4.78 is 11.0. The van der Waals surface area contributed by atoms with E-state index >= 15 is 0 Å². The number of hydrogen-bond acceptors (Lipinski definition) is 5. The first-order valence-corrected chi connectivity index (χ1v) is 19.2. The number of methoxy groups -OCH3 is 1. The van der Waals surface area contributed by atoms with E-state index in [2.05, 4.69) is 61.5 Å². The van der Waals surface area contributed by atoms with Crippen molar-refractivity contribution in [3.8, 4) is 0 Å². The molecule has 1 fully saturated rings. The fraction of sp³-hybridized carbons (Fsp3) is 0.500. The molecule has 10 heteroatoms. The number of aliphatic hydroxyl groups excluding tert-OH is 1. The molecule has 1 unspecified atom stereocenters. The molecule has 0 saturated carbocycles. The van der Waals surface area contributed by atoms with Crippen LogP contribution in [0.2, 0.25) is 0 Å². The Morgan fingerprint density at radius 3 is 2.26 bits per heavy atom. The first-order chi connectivity index (χ1) is 25.2. The van der Waals surface area contributed by atoms with E-state index in [4.69, 9.17) is 29.7 Å². The summed E-state index contributed by atoms with van der Waals surface area (Å²) >= 11 is 0. The van der Waals surface area contributed by atoms with Crippen LogP contribution in [-0.2, 0) is 25.5 Å². The third-order valence-electron chi connectivity index (χ3n) is 11.8. The van der Waals surface area contributed by atoms with Crippen LogP contribution in [0.25, 0.3) is 34.9 Å². The summed E-state index contributed by atoms with van der Waals surface area (Å²) in [5, 5.41) is 19.9. The van der Waals surface area contributed by atoms with E-state index < -0.39 is 17.9 Å². The maximum Gasteiger partial charge on any atom is 2.00 e. The second-order valence-electron chi connectivity index (χ2n) is 15.6. The number of hydrogen-bond donors (Lipinski definition) is 1. The molecule has 1 saturated heterocycles. The van der Waals surface area contributed by atoms with Gasteiger partial charge in [0.25, 0.3) is 0 Å². The van der Waals surface area contributed by atoms with E-state index in [1.807, 2.05) is 25.2 Å². The van der Waals surface area contributed by atoms with E-state index in [9.17, 15) is 14.7 Å². The van der Waals surface area contributed by atoms with Gasteiger partial charge in [0.05, 0.1) is 7.11 Å². The van der Waals surface area contributed by atoms with Crippen LogP contribution in [0, 0.1) is 51.4 Å².